The number of nitrogens with zero attached hydrogens (tertiary/aromatic N) is 1. The van der Waals surface area contributed by atoms with E-state index in [-0.39, 0.29) is 0 Å². The largest absolute Gasteiger partial charge is 0.378 e. The second-order valence-electron chi connectivity index (χ2n) is 6.44. The second kappa shape index (κ2) is 5.80. The van der Waals surface area contributed by atoms with Gasteiger partial charge in [0.2, 0.25) is 5.91 Å². The van der Waals surface area contributed by atoms with Gasteiger partial charge >= 0.3 is 0 Å². The van der Waals surface area contributed by atoms with Gasteiger partial charge in [-0.05, 0) is 45.4 Å². The summed E-state index contributed by atoms with van der Waals surface area (Å²) < 4.78 is 5.59. The van der Waals surface area contributed by atoms with Crippen LogP contribution in [0.3, 0.4) is 0 Å². The first kappa shape index (κ1) is 13.4. The molecule has 0 aromatic heterocycles. The Kier molecular flexibility index (Phi) is 4.08. The number of amides is 1. The molecule has 0 aromatic carbocycles. The highest BCUT2D eigenvalue weighted by Gasteiger charge is 2.35. The minimum absolute atomic E-state index is 0.376. The van der Waals surface area contributed by atoms with Crippen molar-refractivity contribution in [1.29, 1.82) is 0 Å². The smallest absolute Gasteiger partial charge is 0.225 e. The fourth-order valence-corrected chi connectivity index (χ4v) is 3.34. The average Bonchev–Trinajstić information content (AvgIpc) is 3.23. The second-order valence-corrected chi connectivity index (χ2v) is 6.44. The summed E-state index contributed by atoms with van der Waals surface area (Å²) in [6, 6.07) is 1.21. The first-order chi connectivity index (χ1) is 9.22. The maximum atomic E-state index is 12.0. The number of nitrogens with one attached hydrogen (secondary N) is 1. The summed E-state index contributed by atoms with van der Waals surface area (Å²) in [4.78, 5) is 14.1. The van der Waals surface area contributed by atoms with Crippen LogP contribution in [0, 0.1) is 5.92 Å². The SMILES string of the molecule is CC1CC(NC2CCN(C(=O)C3CC3)CC2)CCO1. The summed E-state index contributed by atoms with van der Waals surface area (Å²) >= 11 is 0. The van der Waals surface area contributed by atoms with Crippen molar-refractivity contribution < 1.29 is 9.53 Å². The summed E-state index contributed by atoms with van der Waals surface area (Å²) in [5.74, 6) is 0.791. The molecule has 1 N–H and O–H groups in total. The van der Waals surface area contributed by atoms with Crippen LogP contribution in [0.5, 0.6) is 0 Å². The van der Waals surface area contributed by atoms with E-state index < -0.39 is 0 Å². The molecular formula is C15H26N2O2. The summed E-state index contributed by atoms with van der Waals surface area (Å²) in [6.45, 7) is 4.94. The first-order valence-corrected chi connectivity index (χ1v) is 7.89. The van der Waals surface area contributed by atoms with E-state index in [1.54, 1.807) is 0 Å². The van der Waals surface area contributed by atoms with Gasteiger partial charge < -0.3 is 15.0 Å². The molecule has 4 heteroatoms. The maximum Gasteiger partial charge on any atom is 0.225 e. The van der Waals surface area contributed by atoms with Gasteiger partial charge in [-0.1, -0.05) is 0 Å². The van der Waals surface area contributed by atoms with Gasteiger partial charge in [-0.3, -0.25) is 4.79 Å². The number of carbonyl (C=O) groups is 1. The highest BCUT2D eigenvalue weighted by Crippen LogP contribution is 2.32. The predicted octanol–water partition coefficient (Wildman–Crippen LogP) is 1.54. The Bertz CT molecular complexity index is 322. The van der Waals surface area contributed by atoms with Gasteiger partial charge in [-0.25, -0.2) is 0 Å². The van der Waals surface area contributed by atoms with Crippen molar-refractivity contribution in [2.45, 2.75) is 63.6 Å². The number of rotatable bonds is 3. The van der Waals surface area contributed by atoms with Crippen LogP contribution in [0.4, 0.5) is 0 Å². The van der Waals surface area contributed by atoms with Gasteiger partial charge in [-0.2, -0.15) is 0 Å². The Morgan fingerprint density at radius 3 is 2.47 bits per heavy atom. The number of ether oxygens (including phenoxy) is 1. The molecule has 3 rings (SSSR count). The molecule has 2 saturated heterocycles. The van der Waals surface area contributed by atoms with Gasteiger partial charge in [0.25, 0.3) is 0 Å². The Morgan fingerprint density at radius 2 is 1.84 bits per heavy atom. The van der Waals surface area contributed by atoms with Crippen LogP contribution >= 0.6 is 0 Å². The molecule has 0 aromatic rings. The lowest BCUT2D eigenvalue weighted by atomic mass is 9.99. The standard InChI is InChI=1S/C15H26N2O2/c1-11-10-14(6-9-19-11)16-13-4-7-17(8-5-13)15(18)12-2-3-12/h11-14,16H,2-10H2,1H3. The van der Waals surface area contributed by atoms with Gasteiger partial charge in [0.1, 0.15) is 0 Å². The molecular weight excluding hydrogens is 240 g/mol. The summed E-state index contributed by atoms with van der Waals surface area (Å²) in [5.41, 5.74) is 0. The lowest BCUT2D eigenvalue weighted by molar-refractivity contribution is -0.133. The van der Waals surface area contributed by atoms with Crippen LogP contribution in [0.15, 0.2) is 0 Å². The van der Waals surface area contributed by atoms with Crippen molar-refractivity contribution in [3.8, 4) is 0 Å². The van der Waals surface area contributed by atoms with Crippen molar-refractivity contribution in [3.63, 3.8) is 0 Å². The summed E-state index contributed by atoms with van der Waals surface area (Å²) in [6.07, 6.45) is 7.12. The zero-order chi connectivity index (χ0) is 13.2. The average molecular weight is 266 g/mol. The Morgan fingerprint density at radius 1 is 1.11 bits per heavy atom. The fraction of sp³-hybridized carbons (Fsp3) is 0.933. The summed E-state index contributed by atoms with van der Waals surface area (Å²) in [5, 5.41) is 3.77. The van der Waals surface area contributed by atoms with E-state index in [1.165, 1.54) is 0 Å². The topological polar surface area (TPSA) is 41.6 Å². The normalized spacial score (nSPS) is 33.4. The molecule has 3 fully saturated rings. The van der Waals surface area contributed by atoms with E-state index in [0.717, 1.165) is 58.2 Å². The monoisotopic (exact) mass is 266 g/mol. The minimum Gasteiger partial charge on any atom is -0.378 e. The number of carbonyl (C=O) groups excluding carboxylic acids is 1. The Hall–Kier alpha value is -0.610. The lowest BCUT2D eigenvalue weighted by Gasteiger charge is -2.36. The van der Waals surface area contributed by atoms with E-state index in [1.807, 2.05) is 0 Å². The molecule has 2 unspecified atom stereocenters. The van der Waals surface area contributed by atoms with Crippen molar-refractivity contribution in [2.24, 2.45) is 5.92 Å². The Balaban J connectivity index is 1.41. The molecule has 3 aliphatic rings. The third-order valence-corrected chi connectivity index (χ3v) is 4.69. The van der Waals surface area contributed by atoms with Crippen LogP contribution < -0.4 is 5.32 Å². The van der Waals surface area contributed by atoms with E-state index in [0.29, 0.717) is 30.0 Å². The van der Waals surface area contributed by atoms with Gasteiger partial charge in [0.15, 0.2) is 0 Å². The summed E-state index contributed by atoms with van der Waals surface area (Å²) in [7, 11) is 0. The van der Waals surface area contributed by atoms with Gasteiger partial charge in [0.05, 0.1) is 6.10 Å². The van der Waals surface area contributed by atoms with E-state index in [2.05, 4.69) is 17.1 Å². The maximum absolute atomic E-state index is 12.0. The molecule has 4 nitrogen and oxygen atoms in total. The van der Waals surface area contributed by atoms with Gasteiger partial charge in [0, 0.05) is 37.7 Å². The minimum atomic E-state index is 0.376. The highest BCUT2D eigenvalue weighted by atomic mass is 16.5. The molecule has 1 amide bonds. The highest BCUT2D eigenvalue weighted by molar-refractivity contribution is 5.81. The molecule has 0 spiro atoms. The van der Waals surface area contributed by atoms with Crippen molar-refractivity contribution >= 4 is 5.91 Å². The third kappa shape index (κ3) is 3.48. The zero-order valence-corrected chi connectivity index (χ0v) is 11.9. The first-order valence-electron chi connectivity index (χ1n) is 7.89. The van der Waals surface area contributed by atoms with Crippen LogP contribution in [-0.2, 0) is 9.53 Å². The third-order valence-electron chi connectivity index (χ3n) is 4.69. The lowest BCUT2D eigenvalue weighted by Crippen LogP contribution is -2.49. The molecule has 2 aliphatic heterocycles. The Labute approximate surface area is 115 Å². The van der Waals surface area contributed by atoms with Crippen LogP contribution in [0.25, 0.3) is 0 Å². The number of hydrogen-bond acceptors (Lipinski definition) is 3. The molecule has 0 radical (unpaired) electrons. The van der Waals surface area contributed by atoms with E-state index >= 15 is 0 Å². The van der Waals surface area contributed by atoms with Crippen LogP contribution in [0.1, 0.15) is 45.4 Å². The van der Waals surface area contributed by atoms with Crippen molar-refractivity contribution in [1.82, 2.24) is 10.2 Å². The molecule has 2 heterocycles. The van der Waals surface area contributed by atoms with E-state index in [9.17, 15) is 4.79 Å². The zero-order valence-electron chi connectivity index (χ0n) is 11.9. The molecule has 1 saturated carbocycles. The molecule has 2 atom stereocenters. The molecule has 108 valence electrons. The molecule has 19 heavy (non-hydrogen) atoms. The number of likely N-dealkylation sites (tertiary alicyclic amines) is 1. The van der Waals surface area contributed by atoms with Crippen molar-refractivity contribution in [2.75, 3.05) is 19.7 Å². The fourth-order valence-electron chi connectivity index (χ4n) is 3.34. The van der Waals surface area contributed by atoms with E-state index in [4.69, 9.17) is 4.74 Å². The number of hydrogen-bond donors (Lipinski definition) is 1. The van der Waals surface area contributed by atoms with Crippen LogP contribution in [-0.4, -0.2) is 48.7 Å². The van der Waals surface area contributed by atoms with Crippen LogP contribution in [0.2, 0.25) is 0 Å². The predicted molar refractivity (Wildman–Crippen MR) is 73.9 cm³/mol. The quantitative estimate of drug-likeness (QED) is 0.842. The molecule has 0 bridgehead atoms. The number of piperidine rings is 1. The molecule has 1 aliphatic carbocycles. The van der Waals surface area contributed by atoms with Gasteiger partial charge in [-0.15, -0.1) is 0 Å². The van der Waals surface area contributed by atoms with Crippen molar-refractivity contribution in [3.05, 3.63) is 0 Å².